The Balaban J connectivity index is 1.82. The van der Waals surface area contributed by atoms with Crippen LogP contribution in [0.4, 0.5) is 5.69 Å². The van der Waals surface area contributed by atoms with Crippen molar-refractivity contribution in [2.24, 2.45) is 0 Å². The first-order chi connectivity index (χ1) is 17.7. The quantitative estimate of drug-likeness (QED) is 0.209. The summed E-state index contributed by atoms with van der Waals surface area (Å²) < 4.78 is 10.9. The predicted octanol–water partition coefficient (Wildman–Crippen LogP) is 5.06. The minimum absolute atomic E-state index is 0.0241. The number of aliphatic hydroxyl groups is 1. The van der Waals surface area contributed by atoms with E-state index in [1.54, 1.807) is 74.6 Å². The van der Waals surface area contributed by atoms with E-state index in [1.165, 1.54) is 17.2 Å². The number of benzene rings is 2. The summed E-state index contributed by atoms with van der Waals surface area (Å²) in [5, 5.41) is 11.3. The lowest BCUT2D eigenvalue weighted by Gasteiger charge is -2.25. The van der Waals surface area contributed by atoms with Crippen molar-refractivity contribution in [3.8, 4) is 5.75 Å². The van der Waals surface area contributed by atoms with Gasteiger partial charge in [0.1, 0.15) is 11.5 Å². The van der Waals surface area contributed by atoms with Crippen molar-refractivity contribution in [3.63, 3.8) is 0 Å². The van der Waals surface area contributed by atoms with Crippen LogP contribution in [0.5, 0.6) is 5.75 Å². The van der Waals surface area contributed by atoms with E-state index in [0.717, 1.165) is 0 Å². The molecular formula is C29H28N2O6. The average molecular weight is 501 g/mol. The molecule has 0 radical (unpaired) electrons. The topological polar surface area (TPSA) is 106 Å². The summed E-state index contributed by atoms with van der Waals surface area (Å²) in [6.45, 7) is 7.29. The standard InChI is InChI=1S/C29H28N2O6/c1-17(2)36-23-12-10-19(11-13-23)26(32)24-25(21-8-6-14-30-16-21)31(28(34)27(24)33)22-9-5-7-20(15-22)29(35)37-18(3)4/h5-18,25,32H,1-4H3/b26-24+. The molecule has 2 heterocycles. The number of carbonyl (C=O) groups is 3. The normalized spacial score (nSPS) is 16.9. The molecule has 8 nitrogen and oxygen atoms in total. The third kappa shape index (κ3) is 5.38. The maximum Gasteiger partial charge on any atom is 0.338 e. The highest BCUT2D eigenvalue weighted by Gasteiger charge is 2.47. The minimum Gasteiger partial charge on any atom is -0.507 e. The molecule has 1 amide bonds. The number of aliphatic hydroxyl groups excluding tert-OH is 1. The summed E-state index contributed by atoms with van der Waals surface area (Å²) in [5.41, 5.74) is 1.36. The van der Waals surface area contributed by atoms with Gasteiger partial charge in [0.05, 0.1) is 29.4 Å². The summed E-state index contributed by atoms with van der Waals surface area (Å²) in [6.07, 6.45) is 2.76. The van der Waals surface area contributed by atoms with Gasteiger partial charge in [-0.25, -0.2) is 4.79 Å². The molecule has 1 saturated heterocycles. The zero-order valence-corrected chi connectivity index (χ0v) is 21.0. The summed E-state index contributed by atoms with van der Waals surface area (Å²) in [6, 6.07) is 15.4. The fourth-order valence-corrected chi connectivity index (χ4v) is 4.14. The van der Waals surface area contributed by atoms with Gasteiger partial charge in [0.25, 0.3) is 11.7 Å². The molecule has 0 aliphatic carbocycles. The second kappa shape index (κ2) is 10.7. The third-order valence-corrected chi connectivity index (χ3v) is 5.65. The van der Waals surface area contributed by atoms with E-state index in [-0.39, 0.29) is 29.1 Å². The molecule has 1 fully saturated rings. The van der Waals surface area contributed by atoms with Crippen LogP contribution in [0.1, 0.15) is 55.2 Å². The first-order valence-corrected chi connectivity index (χ1v) is 12.0. The minimum atomic E-state index is -0.961. The van der Waals surface area contributed by atoms with Gasteiger partial charge in [0.15, 0.2) is 0 Å². The van der Waals surface area contributed by atoms with Gasteiger partial charge in [0, 0.05) is 23.6 Å². The molecule has 4 rings (SSSR count). The Morgan fingerprint density at radius 3 is 2.30 bits per heavy atom. The van der Waals surface area contributed by atoms with Crippen LogP contribution in [-0.2, 0) is 14.3 Å². The first-order valence-electron chi connectivity index (χ1n) is 12.0. The number of anilines is 1. The monoisotopic (exact) mass is 500 g/mol. The number of esters is 1. The van der Waals surface area contributed by atoms with E-state index in [1.807, 2.05) is 13.8 Å². The number of nitrogens with zero attached hydrogens (tertiary/aromatic N) is 2. The zero-order valence-electron chi connectivity index (χ0n) is 21.0. The van der Waals surface area contributed by atoms with E-state index < -0.39 is 23.7 Å². The van der Waals surface area contributed by atoms with Crippen LogP contribution in [-0.4, -0.2) is 40.0 Å². The highest BCUT2D eigenvalue weighted by atomic mass is 16.5. The van der Waals surface area contributed by atoms with Crippen molar-refractivity contribution >= 4 is 29.1 Å². The molecule has 1 aromatic heterocycles. The maximum absolute atomic E-state index is 13.3. The number of ketones is 1. The van der Waals surface area contributed by atoms with Crippen molar-refractivity contribution < 1.29 is 29.0 Å². The van der Waals surface area contributed by atoms with Gasteiger partial charge in [-0.05, 0) is 81.8 Å². The Labute approximate surface area is 215 Å². The second-order valence-electron chi connectivity index (χ2n) is 9.15. The van der Waals surface area contributed by atoms with E-state index in [0.29, 0.717) is 22.6 Å². The fraction of sp³-hybridized carbons (Fsp3) is 0.241. The number of amides is 1. The van der Waals surface area contributed by atoms with E-state index in [2.05, 4.69) is 4.98 Å². The molecular weight excluding hydrogens is 472 g/mol. The maximum atomic E-state index is 13.3. The van der Waals surface area contributed by atoms with Crippen molar-refractivity contribution in [2.75, 3.05) is 4.90 Å². The number of ether oxygens (including phenoxy) is 2. The van der Waals surface area contributed by atoms with Crippen LogP contribution in [0.3, 0.4) is 0 Å². The molecule has 3 aromatic rings. The van der Waals surface area contributed by atoms with Gasteiger partial charge in [0.2, 0.25) is 0 Å². The molecule has 37 heavy (non-hydrogen) atoms. The summed E-state index contributed by atoms with van der Waals surface area (Å²) in [7, 11) is 0. The van der Waals surface area contributed by atoms with Gasteiger partial charge >= 0.3 is 5.97 Å². The molecule has 2 aromatic carbocycles. The molecule has 0 bridgehead atoms. The smallest absolute Gasteiger partial charge is 0.338 e. The van der Waals surface area contributed by atoms with E-state index >= 15 is 0 Å². The number of hydrogen-bond donors (Lipinski definition) is 1. The molecule has 0 saturated carbocycles. The van der Waals surface area contributed by atoms with Crippen LogP contribution in [0.15, 0.2) is 78.6 Å². The van der Waals surface area contributed by atoms with Crippen LogP contribution < -0.4 is 9.64 Å². The van der Waals surface area contributed by atoms with Gasteiger partial charge in [-0.1, -0.05) is 12.1 Å². The van der Waals surface area contributed by atoms with Crippen molar-refractivity contribution in [1.82, 2.24) is 4.98 Å². The predicted molar refractivity (Wildman–Crippen MR) is 138 cm³/mol. The largest absolute Gasteiger partial charge is 0.507 e. The zero-order chi connectivity index (χ0) is 26.7. The van der Waals surface area contributed by atoms with Gasteiger partial charge in [-0.2, -0.15) is 0 Å². The Morgan fingerprint density at radius 1 is 0.946 bits per heavy atom. The van der Waals surface area contributed by atoms with Crippen LogP contribution >= 0.6 is 0 Å². The Hall–Kier alpha value is -4.46. The van der Waals surface area contributed by atoms with Crippen LogP contribution in [0.25, 0.3) is 5.76 Å². The molecule has 1 aliphatic heterocycles. The van der Waals surface area contributed by atoms with Crippen LogP contribution in [0, 0.1) is 0 Å². The lowest BCUT2D eigenvalue weighted by Crippen LogP contribution is -2.29. The molecule has 1 unspecified atom stereocenters. The molecule has 0 spiro atoms. The lowest BCUT2D eigenvalue weighted by molar-refractivity contribution is -0.132. The van der Waals surface area contributed by atoms with E-state index in [9.17, 15) is 19.5 Å². The summed E-state index contributed by atoms with van der Waals surface area (Å²) >= 11 is 0. The van der Waals surface area contributed by atoms with Gasteiger partial charge < -0.3 is 14.6 Å². The number of aromatic nitrogens is 1. The molecule has 8 heteroatoms. The van der Waals surface area contributed by atoms with Crippen LogP contribution in [0.2, 0.25) is 0 Å². The highest BCUT2D eigenvalue weighted by Crippen LogP contribution is 2.42. The average Bonchev–Trinajstić information content (AvgIpc) is 3.14. The third-order valence-electron chi connectivity index (χ3n) is 5.65. The number of pyridine rings is 1. The fourth-order valence-electron chi connectivity index (χ4n) is 4.14. The number of carbonyl (C=O) groups excluding carboxylic acids is 3. The van der Waals surface area contributed by atoms with Gasteiger partial charge in [-0.3, -0.25) is 19.5 Å². The van der Waals surface area contributed by atoms with Crippen molar-refractivity contribution in [3.05, 3.63) is 95.3 Å². The highest BCUT2D eigenvalue weighted by molar-refractivity contribution is 6.51. The molecule has 190 valence electrons. The summed E-state index contributed by atoms with van der Waals surface area (Å²) in [4.78, 5) is 44.6. The number of rotatable bonds is 7. The Bertz CT molecular complexity index is 1350. The molecule has 1 N–H and O–H groups in total. The molecule has 1 aliphatic rings. The van der Waals surface area contributed by atoms with Crippen molar-refractivity contribution in [2.45, 2.75) is 45.9 Å². The molecule has 1 atom stereocenters. The number of hydrogen-bond acceptors (Lipinski definition) is 7. The Morgan fingerprint density at radius 2 is 1.68 bits per heavy atom. The van der Waals surface area contributed by atoms with Crippen molar-refractivity contribution in [1.29, 1.82) is 0 Å². The second-order valence-corrected chi connectivity index (χ2v) is 9.15. The summed E-state index contributed by atoms with van der Waals surface area (Å²) in [5.74, 6) is -1.93. The first kappa shape index (κ1) is 25.6. The van der Waals surface area contributed by atoms with E-state index in [4.69, 9.17) is 9.47 Å². The van der Waals surface area contributed by atoms with Gasteiger partial charge in [-0.15, -0.1) is 0 Å². The SMILES string of the molecule is CC(C)OC(=O)c1cccc(N2C(=O)C(=O)/C(=C(/O)c3ccc(OC(C)C)cc3)C2c2cccnc2)c1. The number of Topliss-reactive ketones (excluding diaryl/α,β-unsaturated/α-hetero) is 1. The Kier molecular flexibility index (Phi) is 7.38. The lowest BCUT2D eigenvalue weighted by atomic mass is 9.96.